The third-order valence-electron chi connectivity index (χ3n) is 3.38. The number of nitrogens with one attached hydrogen (secondary N) is 2. The van der Waals surface area contributed by atoms with Crippen molar-refractivity contribution in [3.8, 4) is 0 Å². The molecule has 2 aromatic rings. The molecule has 1 amide bonds. The van der Waals surface area contributed by atoms with Gasteiger partial charge in [-0.25, -0.2) is 13.1 Å². The van der Waals surface area contributed by atoms with Crippen molar-refractivity contribution in [2.24, 2.45) is 0 Å². The average Bonchev–Trinajstić information content (AvgIpc) is 3.17. The molecular weight excluding hydrogens is 410 g/mol. The minimum Gasteiger partial charge on any atom is -0.452 e. The highest BCUT2D eigenvalue weighted by Crippen LogP contribution is 2.17. The van der Waals surface area contributed by atoms with Gasteiger partial charge in [0.1, 0.15) is 4.21 Å². The summed E-state index contributed by atoms with van der Waals surface area (Å²) in [6.45, 7) is 1.15. The van der Waals surface area contributed by atoms with E-state index in [0.717, 1.165) is 11.3 Å². The predicted octanol–water partition coefficient (Wildman–Crippen LogP) is 1.90. The number of sulfonamides is 1. The number of hydrogen-bond acceptors (Lipinski definition) is 8. The summed E-state index contributed by atoms with van der Waals surface area (Å²) >= 11 is 1.05. The monoisotopic (exact) mass is 427 g/mol. The van der Waals surface area contributed by atoms with Crippen LogP contribution in [0.3, 0.4) is 0 Å². The maximum absolute atomic E-state index is 12.0. The molecule has 0 fully saturated rings. The van der Waals surface area contributed by atoms with Crippen LogP contribution in [-0.4, -0.2) is 37.9 Å². The standard InChI is InChI=1S/C16H17N3O7S2/c1-11(16(21)18-12-4-2-5-13(10-12)19(22)23)26-14(20)7-8-17-28(24,25)15-6-3-9-27-15/h2-6,9-11,17H,7-8H2,1H3,(H,18,21). The highest BCUT2D eigenvalue weighted by molar-refractivity contribution is 7.91. The number of carbonyl (C=O) groups is 2. The van der Waals surface area contributed by atoms with Crippen molar-refractivity contribution in [2.75, 3.05) is 11.9 Å². The van der Waals surface area contributed by atoms with Crippen LogP contribution in [0.15, 0.2) is 46.0 Å². The van der Waals surface area contributed by atoms with Crippen LogP contribution in [0.2, 0.25) is 0 Å². The molecule has 10 nitrogen and oxygen atoms in total. The normalized spacial score (nSPS) is 12.2. The zero-order chi connectivity index (χ0) is 20.7. The summed E-state index contributed by atoms with van der Waals surface area (Å²) in [6, 6.07) is 8.34. The van der Waals surface area contributed by atoms with E-state index >= 15 is 0 Å². The van der Waals surface area contributed by atoms with Crippen LogP contribution in [0, 0.1) is 10.1 Å². The van der Waals surface area contributed by atoms with Gasteiger partial charge in [-0.2, -0.15) is 0 Å². The number of rotatable bonds is 9. The van der Waals surface area contributed by atoms with Crippen molar-refractivity contribution >= 4 is 44.6 Å². The Hall–Kier alpha value is -2.83. The first kappa shape index (κ1) is 21.5. The van der Waals surface area contributed by atoms with Gasteiger partial charge in [-0.3, -0.25) is 19.7 Å². The Morgan fingerprint density at radius 1 is 1.29 bits per heavy atom. The van der Waals surface area contributed by atoms with Crippen molar-refractivity contribution in [3.63, 3.8) is 0 Å². The number of benzene rings is 1. The molecule has 12 heteroatoms. The molecule has 0 aliphatic carbocycles. The summed E-state index contributed by atoms with van der Waals surface area (Å²) in [4.78, 5) is 34.0. The van der Waals surface area contributed by atoms with Crippen LogP contribution in [0.4, 0.5) is 11.4 Å². The van der Waals surface area contributed by atoms with E-state index in [4.69, 9.17) is 4.74 Å². The van der Waals surface area contributed by atoms with Gasteiger partial charge in [-0.15, -0.1) is 11.3 Å². The summed E-state index contributed by atoms with van der Waals surface area (Å²) in [5, 5.41) is 14.8. The third kappa shape index (κ3) is 6.11. The fraction of sp³-hybridized carbons (Fsp3) is 0.250. The Kier molecular flexibility index (Phi) is 7.20. The molecule has 0 aliphatic heterocycles. The van der Waals surface area contributed by atoms with Crippen LogP contribution >= 0.6 is 11.3 Å². The lowest BCUT2D eigenvalue weighted by molar-refractivity contribution is -0.384. The van der Waals surface area contributed by atoms with Gasteiger partial charge in [0.05, 0.1) is 11.3 Å². The Balaban J connectivity index is 1.80. The molecule has 2 N–H and O–H groups in total. The van der Waals surface area contributed by atoms with Gasteiger partial charge < -0.3 is 10.1 Å². The molecule has 1 aromatic heterocycles. The number of nitrogens with zero attached hydrogens (tertiary/aromatic N) is 1. The second-order valence-electron chi connectivity index (χ2n) is 5.51. The number of anilines is 1. The lowest BCUT2D eigenvalue weighted by Crippen LogP contribution is -2.32. The molecule has 0 radical (unpaired) electrons. The van der Waals surface area contributed by atoms with Crippen LogP contribution < -0.4 is 10.0 Å². The maximum Gasteiger partial charge on any atom is 0.307 e. The zero-order valence-electron chi connectivity index (χ0n) is 14.7. The largest absolute Gasteiger partial charge is 0.452 e. The fourth-order valence-electron chi connectivity index (χ4n) is 2.03. The molecule has 0 aliphatic rings. The van der Waals surface area contributed by atoms with E-state index in [-0.39, 0.29) is 28.5 Å². The Morgan fingerprint density at radius 3 is 2.68 bits per heavy atom. The van der Waals surface area contributed by atoms with Crippen LogP contribution in [0.25, 0.3) is 0 Å². The number of thiophene rings is 1. The minimum absolute atomic E-state index is 0.130. The van der Waals surface area contributed by atoms with Crippen LogP contribution in [0.5, 0.6) is 0 Å². The number of esters is 1. The number of non-ortho nitro benzene ring substituents is 1. The van der Waals surface area contributed by atoms with Crippen molar-refractivity contribution < 1.29 is 27.7 Å². The third-order valence-corrected chi connectivity index (χ3v) is 6.24. The SMILES string of the molecule is CC(OC(=O)CCNS(=O)(=O)c1cccs1)C(=O)Nc1cccc([N+](=O)[O-])c1. The minimum atomic E-state index is -3.68. The lowest BCUT2D eigenvalue weighted by atomic mass is 10.2. The summed E-state index contributed by atoms with van der Waals surface area (Å²) in [6.07, 6.45) is -1.43. The molecule has 1 aromatic carbocycles. The molecule has 150 valence electrons. The number of carbonyl (C=O) groups excluding carboxylic acids is 2. The fourth-order valence-corrected chi connectivity index (χ4v) is 4.10. The second kappa shape index (κ2) is 9.39. The smallest absolute Gasteiger partial charge is 0.307 e. The lowest BCUT2D eigenvalue weighted by Gasteiger charge is -2.13. The zero-order valence-corrected chi connectivity index (χ0v) is 16.3. The molecular formula is C16H17N3O7S2. The summed E-state index contributed by atoms with van der Waals surface area (Å²) in [5.41, 5.74) is -0.00807. The Labute approximate surface area is 164 Å². The van der Waals surface area contributed by atoms with Gasteiger partial charge in [-0.1, -0.05) is 12.1 Å². The molecule has 1 unspecified atom stereocenters. The number of hydrogen-bond donors (Lipinski definition) is 2. The summed E-state index contributed by atoms with van der Waals surface area (Å²) in [5.74, 6) is -1.44. The van der Waals surface area contributed by atoms with E-state index in [1.54, 1.807) is 11.4 Å². The average molecular weight is 427 g/mol. The van der Waals surface area contributed by atoms with Crippen LogP contribution in [-0.2, 0) is 24.3 Å². The first-order chi connectivity index (χ1) is 13.2. The van der Waals surface area contributed by atoms with Crippen molar-refractivity contribution in [2.45, 2.75) is 23.7 Å². The van der Waals surface area contributed by atoms with E-state index in [1.807, 2.05) is 0 Å². The van der Waals surface area contributed by atoms with E-state index < -0.39 is 32.9 Å². The van der Waals surface area contributed by atoms with E-state index in [9.17, 15) is 28.1 Å². The maximum atomic E-state index is 12.0. The molecule has 0 spiro atoms. The number of nitro groups is 1. The predicted molar refractivity (Wildman–Crippen MR) is 101 cm³/mol. The van der Waals surface area contributed by atoms with Gasteiger partial charge >= 0.3 is 5.97 Å². The summed E-state index contributed by atoms with van der Waals surface area (Å²) in [7, 11) is -3.68. The van der Waals surface area contributed by atoms with E-state index in [2.05, 4.69) is 10.0 Å². The van der Waals surface area contributed by atoms with E-state index in [1.165, 1.54) is 37.3 Å². The topological polar surface area (TPSA) is 145 Å². The van der Waals surface area contributed by atoms with Gasteiger partial charge in [0.25, 0.3) is 11.6 Å². The molecule has 0 bridgehead atoms. The summed E-state index contributed by atoms with van der Waals surface area (Å²) < 4.78 is 31.2. The van der Waals surface area contributed by atoms with Crippen LogP contribution in [0.1, 0.15) is 13.3 Å². The Morgan fingerprint density at radius 2 is 2.04 bits per heavy atom. The van der Waals surface area contributed by atoms with Gasteiger partial charge in [0, 0.05) is 24.4 Å². The van der Waals surface area contributed by atoms with Crippen molar-refractivity contribution in [1.29, 1.82) is 0 Å². The van der Waals surface area contributed by atoms with Crippen molar-refractivity contribution in [1.82, 2.24) is 4.72 Å². The first-order valence-electron chi connectivity index (χ1n) is 7.97. The van der Waals surface area contributed by atoms with E-state index in [0.29, 0.717) is 0 Å². The number of amides is 1. The molecule has 0 saturated carbocycles. The van der Waals surface area contributed by atoms with Crippen molar-refractivity contribution in [3.05, 3.63) is 51.9 Å². The van der Waals surface area contributed by atoms with Gasteiger partial charge in [-0.05, 0) is 24.4 Å². The first-order valence-corrected chi connectivity index (χ1v) is 10.3. The quantitative estimate of drug-likeness (QED) is 0.353. The second-order valence-corrected chi connectivity index (χ2v) is 8.45. The Bertz CT molecular complexity index is 958. The van der Waals surface area contributed by atoms with Gasteiger partial charge in [0.2, 0.25) is 10.0 Å². The van der Waals surface area contributed by atoms with Gasteiger partial charge in [0.15, 0.2) is 6.10 Å². The number of ether oxygens (including phenoxy) is 1. The molecule has 2 rings (SSSR count). The number of nitro benzene ring substituents is 1. The molecule has 1 heterocycles. The molecule has 1 atom stereocenters. The molecule has 0 saturated heterocycles. The highest BCUT2D eigenvalue weighted by atomic mass is 32.2. The molecule has 28 heavy (non-hydrogen) atoms. The highest BCUT2D eigenvalue weighted by Gasteiger charge is 2.20.